The third-order valence-electron chi connectivity index (χ3n) is 4.19. The molecular weight excluding hydrogens is 394 g/mol. The maximum atomic E-state index is 12.2. The normalized spacial score (nSPS) is 11.7. The van der Waals surface area contributed by atoms with Crippen molar-refractivity contribution >= 4 is 39.9 Å². The van der Waals surface area contributed by atoms with Gasteiger partial charge in [-0.25, -0.2) is 4.98 Å². The fourth-order valence-electron chi connectivity index (χ4n) is 2.77. The van der Waals surface area contributed by atoms with Crippen LogP contribution in [-0.4, -0.2) is 16.8 Å². The summed E-state index contributed by atoms with van der Waals surface area (Å²) in [5.41, 5.74) is 3.53. The Morgan fingerprint density at radius 2 is 1.86 bits per heavy atom. The second kappa shape index (κ2) is 8.99. The molecule has 3 rings (SSSR count). The van der Waals surface area contributed by atoms with Crippen LogP contribution in [0.2, 0.25) is 5.02 Å². The number of benzene rings is 2. The number of hydrogen-bond acceptors (Lipinski definition) is 4. The molecule has 0 radical (unpaired) electrons. The molecule has 3 aromatic rings. The third-order valence-corrected chi connectivity index (χ3v) is 5.31. The Labute approximate surface area is 172 Å². The molecule has 0 aliphatic rings. The zero-order chi connectivity index (χ0) is 20.1. The Balaban J connectivity index is 1.64. The lowest BCUT2D eigenvalue weighted by atomic mass is 10.1. The van der Waals surface area contributed by atoms with Gasteiger partial charge in [-0.05, 0) is 24.1 Å². The minimum absolute atomic E-state index is 0.0540. The van der Waals surface area contributed by atoms with Crippen LogP contribution in [0.4, 0.5) is 5.13 Å². The monoisotopic (exact) mass is 413 g/mol. The maximum Gasteiger partial charge on any atom is 0.230 e. The number of halogens is 1. The van der Waals surface area contributed by atoms with Gasteiger partial charge in [0.25, 0.3) is 0 Å². The van der Waals surface area contributed by atoms with Crippen molar-refractivity contribution in [2.75, 3.05) is 5.32 Å². The molecule has 0 saturated carbocycles. The van der Waals surface area contributed by atoms with Crippen LogP contribution in [0.5, 0.6) is 0 Å². The molecule has 5 nitrogen and oxygen atoms in total. The summed E-state index contributed by atoms with van der Waals surface area (Å²) in [6, 6.07) is 15.1. The molecule has 144 valence electrons. The van der Waals surface area contributed by atoms with E-state index in [0.717, 1.165) is 22.4 Å². The molecule has 1 atom stereocenters. The highest BCUT2D eigenvalue weighted by Gasteiger charge is 2.11. The van der Waals surface area contributed by atoms with Crippen LogP contribution in [0.1, 0.15) is 31.0 Å². The molecule has 1 heterocycles. The summed E-state index contributed by atoms with van der Waals surface area (Å²) >= 11 is 7.48. The van der Waals surface area contributed by atoms with E-state index < -0.39 is 0 Å². The fraction of sp³-hybridized carbons (Fsp3) is 0.190. The number of amides is 2. The van der Waals surface area contributed by atoms with Crippen molar-refractivity contribution in [1.29, 1.82) is 0 Å². The predicted molar refractivity (Wildman–Crippen MR) is 114 cm³/mol. The summed E-state index contributed by atoms with van der Waals surface area (Å²) in [4.78, 5) is 27.9. The first-order chi connectivity index (χ1) is 13.4. The van der Waals surface area contributed by atoms with Crippen molar-refractivity contribution in [2.24, 2.45) is 0 Å². The molecule has 0 saturated heterocycles. The van der Waals surface area contributed by atoms with Gasteiger partial charge in [-0.15, -0.1) is 11.3 Å². The van der Waals surface area contributed by atoms with E-state index in [9.17, 15) is 9.59 Å². The quantitative estimate of drug-likeness (QED) is 0.607. The molecule has 28 heavy (non-hydrogen) atoms. The standard InChI is InChI=1S/C21H20ClN3O2S/c1-13(23-14(2)26)15-7-9-16(10-8-15)19-12-28-21(24-19)25-20(27)11-17-5-3-4-6-18(17)22/h3-10,12-13H,11H2,1-2H3,(H,23,26)(H,24,25,27). The number of nitrogens with zero attached hydrogens (tertiary/aromatic N) is 1. The molecule has 0 aliphatic heterocycles. The molecule has 2 N–H and O–H groups in total. The second-order valence-corrected chi connectivity index (χ2v) is 7.66. The van der Waals surface area contributed by atoms with Gasteiger partial charge in [0.2, 0.25) is 11.8 Å². The van der Waals surface area contributed by atoms with E-state index in [1.807, 2.05) is 54.8 Å². The Bertz CT molecular complexity index is 985. The van der Waals surface area contributed by atoms with Crippen molar-refractivity contribution in [1.82, 2.24) is 10.3 Å². The van der Waals surface area contributed by atoms with Gasteiger partial charge < -0.3 is 10.6 Å². The van der Waals surface area contributed by atoms with E-state index in [1.165, 1.54) is 18.3 Å². The summed E-state index contributed by atoms with van der Waals surface area (Å²) in [7, 11) is 0. The summed E-state index contributed by atoms with van der Waals surface area (Å²) in [5, 5.41) is 8.70. The van der Waals surface area contributed by atoms with Crippen molar-refractivity contribution in [3.63, 3.8) is 0 Å². The number of hydrogen-bond donors (Lipinski definition) is 2. The number of thiazole rings is 1. The van der Waals surface area contributed by atoms with E-state index in [0.29, 0.717) is 10.2 Å². The minimum atomic E-state index is -0.159. The highest BCUT2D eigenvalue weighted by Crippen LogP contribution is 2.26. The zero-order valence-electron chi connectivity index (χ0n) is 15.5. The fourth-order valence-corrected chi connectivity index (χ4v) is 3.71. The highest BCUT2D eigenvalue weighted by atomic mass is 35.5. The van der Waals surface area contributed by atoms with Crippen molar-refractivity contribution < 1.29 is 9.59 Å². The summed E-state index contributed by atoms with van der Waals surface area (Å²) in [6.07, 6.45) is 0.199. The van der Waals surface area contributed by atoms with Crippen LogP contribution in [0.15, 0.2) is 53.9 Å². The van der Waals surface area contributed by atoms with Crippen LogP contribution in [0.25, 0.3) is 11.3 Å². The van der Waals surface area contributed by atoms with Crippen molar-refractivity contribution in [3.05, 3.63) is 70.1 Å². The molecule has 0 fully saturated rings. The molecule has 0 aliphatic carbocycles. The van der Waals surface area contributed by atoms with Gasteiger partial charge in [-0.2, -0.15) is 0 Å². The maximum absolute atomic E-state index is 12.2. The van der Waals surface area contributed by atoms with Gasteiger partial charge in [-0.1, -0.05) is 54.1 Å². The average Bonchev–Trinajstić information content (AvgIpc) is 3.11. The number of aromatic nitrogens is 1. The van der Waals surface area contributed by atoms with E-state index in [1.54, 1.807) is 6.07 Å². The van der Waals surface area contributed by atoms with Gasteiger partial charge in [0.1, 0.15) is 0 Å². The first kappa shape index (κ1) is 20.0. The summed E-state index contributed by atoms with van der Waals surface area (Å²) in [5.74, 6) is -0.221. The van der Waals surface area contributed by atoms with E-state index in [-0.39, 0.29) is 24.3 Å². The van der Waals surface area contributed by atoms with Crippen molar-refractivity contribution in [3.8, 4) is 11.3 Å². The molecule has 2 amide bonds. The minimum Gasteiger partial charge on any atom is -0.350 e. The van der Waals surface area contributed by atoms with E-state index in [2.05, 4.69) is 15.6 Å². The molecular formula is C21H20ClN3O2S. The lowest BCUT2D eigenvalue weighted by Crippen LogP contribution is -2.23. The van der Waals surface area contributed by atoms with Gasteiger partial charge >= 0.3 is 0 Å². The Hall–Kier alpha value is -2.70. The smallest absolute Gasteiger partial charge is 0.230 e. The lowest BCUT2D eigenvalue weighted by Gasteiger charge is -2.13. The lowest BCUT2D eigenvalue weighted by molar-refractivity contribution is -0.119. The number of anilines is 1. The van der Waals surface area contributed by atoms with Crippen LogP contribution in [-0.2, 0) is 16.0 Å². The third kappa shape index (κ3) is 5.18. The zero-order valence-corrected chi connectivity index (χ0v) is 17.1. The van der Waals surface area contributed by atoms with Crippen LogP contribution in [0.3, 0.4) is 0 Å². The number of carbonyl (C=O) groups is 2. The Morgan fingerprint density at radius 1 is 1.14 bits per heavy atom. The Morgan fingerprint density at radius 3 is 2.54 bits per heavy atom. The van der Waals surface area contributed by atoms with E-state index in [4.69, 9.17) is 11.6 Å². The predicted octanol–water partition coefficient (Wildman–Crippen LogP) is 4.84. The van der Waals surface area contributed by atoms with Crippen molar-refractivity contribution in [2.45, 2.75) is 26.3 Å². The molecule has 1 aromatic heterocycles. The summed E-state index contributed by atoms with van der Waals surface area (Å²) < 4.78 is 0. The molecule has 0 spiro atoms. The molecule has 0 bridgehead atoms. The second-order valence-electron chi connectivity index (χ2n) is 6.40. The highest BCUT2D eigenvalue weighted by molar-refractivity contribution is 7.14. The SMILES string of the molecule is CC(=O)NC(C)c1ccc(-c2csc(NC(=O)Cc3ccccc3Cl)n2)cc1. The number of carbonyl (C=O) groups excluding carboxylic acids is 2. The molecule has 7 heteroatoms. The molecule has 2 aromatic carbocycles. The number of rotatable bonds is 6. The van der Waals surface area contributed by atoms with Gasteiger partial charge in [0.15, 0.2) is 5.13 Å². The van der Waals surface area contributed by atoms with Gasteiger partial charge in [0, 0.05) is 22.9 Å². The van der Waals surface area contributed by atoms with Crippen LogP contribution >= 0.6 is 22.9 Å². The first-order valence-corrected chi connectivity index (χ1v) is 10.0. The van der Waals surface area contributed by atoms with Gasteiger partial charge in [0.05, 0.1) is 18.2 Å². The van der Waals surface area contributed by atoms with Crippen LogP contribution in [0, 0.1) is 0 Å². The average molecular weight is 414 g/mol. The largest absolute Gasteiger partial charge is 0.350 e. The molecule has 1 unspecified atom stereocenters. The van der Waals surface area contributed by atoms with E-state index >= 15 is 0 Å². The van der Waals surface area contributed by atoms with Crippen LogP contribution < -0.4 is 10.6 Å². The topological polar surface area (TPSA) is 71.1 Å². The Kier molecular flexibility index (Phi) is 6.44. The summed E-state index contributed by atoms with van der Waals surface area (Å²) in [6.45, 7) is 3.44. The van der Waals surface area contributed by atoms with Gasteiger partial charge in [-0.3, -0.25) is 9.59 Å². The first-order valence-electron chi connectivity index (χ1n) is 8.78. The number of nitrogens with one attached hydrogen (secondary N) is 2.